The Morgan fingerprint density at radius 2 is 2.19 bits per heavy atom. The van der Waals surface area contributed by atoms with E-state index in [2.05, 4.69) is 20.4 Å². The Morgan fingerprint density at radius 3 is 2.96 bits per heavy atom. The maximum atomic E-state index is 11.9. The molecule has 0 saturated heterocycles. The maximum absolute atomic E-state index is 11.9. The van der Waals surface area contributed by atoms with Gasteiger partial charge in [0.1, 0.15) is 11.4 Å². The summed E-state index contributed by atoms with van der Waals surface area (Å²) in [6.45, 7) is 3.36. The molecule has 8 nitrogen and oxygen atoms in total. The number of hydrogen-bond acceptors (Lipinski definition) is 6. The van der Waals surface area contributed by atoms with Crippen LogP contribution in [0.1, 0.15) is 17.4 Å². The van der Waals surface area contributed by atoms with E-state index in [-0.39, 0.29) is 22.4 Å². The number of rotatable bonds is 4. The molecule has 1 aromatic carbocycles. The van der Waals surface area contributed by atoms with E-state index in [0.29, 0.717) is 48.2 Å². The minimum atomic E-state index is -0.152. The highest BCUT2D eigenvalue weighted by Crippen LogP contribution is 2.38. The van der Waals surface area contributed by atoms with Crippen LogP contribution in [0.3, 0.4) is 0 Å². The lowest BCUT2D eigenvalue weighted by Gasteiger charge is -2.13. The summed E-state index contributed by atoms with van der Waals surface area (Å²) in [5.74, 6) is 0.404. The van der Waals surface area contributed by atoms with Gasteiger partial charge in [-0.15, -0.1) is 0 Å². The fraction of sp³-hybridized carbons (Fsp3) is 0.222. The highest BCUT2D eigenvalue weighted by atomic mass is 35.5. The Balaban J connectivity index is 1.75. The van der Waals surface area contributed by atoms with E-state index in [1.807, 2.05) is 6.92 Å². The number of phenols is 1. The van der Waals surface area contributed by atoms with Gasteiger partial charge in [-0.05, 0) is 31.2 Å². The smallest absolute Gasteiger partial charge is 0.269 e. The molecule has 3 aromatic rings. The number of nitrogens with one attached hydrogen (secondary N) is 1. The molecule has 1 aliphatic rings. The fourth-order valence-corrected chi connectivity index (χ4v) is 3.08. The monoisotopic (exact) mass is 385 g/mol. The zero-order chi connectivity index (χ0) is 19.0. The van der Waals surface area contributed by atoms with Crippen molar-refractivity contribution in [1.82, 2.24) is 25.1 Å². The fourth-order valence-electron chi connectivity index (χ4n) is 2.87. The third-order valence-electron chi connectivity index (χ3n) is 4.13. The molecule has 0 fully saturated rings. The molecule has 9 heteroatoms. The van der Waals surface area contributed by atoms with E-state index in [0.717, 1.165) is 0 Å². The molecule has 0 unspecified atom stereocenters. The number of carbonyl (C=O) groups excluding carboxylic acids is 1. The molecule has 0 atom stereocenters. The predicted molar refractivity (Wildman–Crippen MR) is 98.9 cm³/mol. The number of benzene rings is 1. The SMILES string of the molecule is CCOc1cc(-c2nccc(-c3cc4n(n3)CCNC4=O)n2)cc(Cl)c1O. The van der Waals surface area contributed by atoms with Gasteiger partial charge in [-0.1, -0.05) is 11.6 Å². The van der Waals surface area contributed by atoms with E-state index >= 15 is 0 Å². The van der Waals surface area contributed by atoms with Crippen LogP contribution in [0.15, 0.2) is 30.5 Å². The first-order chi connectivity index (χ1) is 13.1. The number of phenolic OH excluding ortho intramolecular Hbond substituents is 1. The van der Waals surface area contributed by atoms with E-state index in [4.69, 9.17) is 16.3 Å². The van der Waals surface area contributed by atoms with Crippen LogP contribution in [0.4, 0.5) is 0 Å². The molecular weight excluding hydrogens is 370 g/mol. The molecule has 3 heterocycles. The Bertz CT molecular complexity index is 1030. The highest BCUT2D eigenvalue weighted by molar-refractivity contribution is 6.32. The van der Waals surface area contributed by atoms with Gasteiger partial charge in [0, 0.05) is 18.3 Å². The van der Waals surface area contributed by atoms with Crippen LogP contribution in [0.2, 0.25) is 5.02 Å². The molecule has 27 heavy (non-hydrogen) atoms. The van der Waals surface area contributed by atoms with Crippen molar-refractivity contribution in [2.75, 3.05) is 13.2 Å². The average Bonchev–Trinajstić information content (AvgIpc) is 3.11. The summed E-state index contributed by atoms with van der Waals surface area (Å²) in [6.07, 6.45) is 1.61. The molecule has 1 amide bonds. The molecule has 0 bridgehead atoms. The van der Waals surface area contributed by atoms with Gasteiger partial charge in [-0.2, -0.15) is 5.10 Å². The van der Waals surface area contributed by atoms with Crippen LogP contribution in [-0.2, 0) is 6.54 Å². The standard InChI is InChI=1S/C18H16ClN5O3/c1-2-27-15-8-10(7-11(19)16(15)25)17-20-4-3-12(22-17)13-9-14-18(26)21-5-6-24(14)23-13/h3-4,7-9,25H,2,5-6H2,1H3,(H,21,26). The van der Waals surface area contributed by atoms with Crippen molar-refractivity contribution in [2.24, 2.45) is 0 Å². The number of ether oxygens (including phenoxy) is 1. The number of fused-ring (bicyclic) bond motifs is 1. The lowest BCUT2D eigenvalue weighted by Crippen LogP contribution is -2.35. The summed E-state index contributed by atoms with van der Waals surface area (Å²) in [5, 5.41) is 17.4. The quantitative estimate of drug-likeness (QED) is 0.715. The number of halogens is 1. The predicted octanol–water partition coefficient (Wildman–Crippen LogP) is 2.51. The van der Waals surface area contributed by atoms with Crippen molar-refractivity contribution in [1.29, 1.82) is 0 Å². The third-order valence-corrected chi connectivity index (χ3v) is 4.41. The second kappa shape index (κ2) is 6.88. The first kappa shape index (κ1) is 17.3. The van der Waals surface area contributed by atoms with Crippen molar-refractivity contribution in [3.05, 3.63) is 41.2 Å². The summed E-state index contributed by atoms with van der Waals surface area (Å²) in [6, 6.07) is 6.64. The molecule has 0 spiro atoms. The van der Waals surface area contributed by atoms with Crippen LogP contribution < -0.4 is 10.1 Å². The van der Waals surface area contributed by atoms with Crippen molar-refractivity contribution in [3.8, 4) is 34.3 Å². The van der Waals surface area contributed by atoms with Gasteiger partial charge in [-0.3, -0.25) is 9.48 Å². The maximum Gasteiger partial charge on any atom is 0.269 e. The topological polar surface area (TPSA) is 102 Å². The molecule has 1 aliphatic heterocycles. The number of aromatic hydroxyl groups is 1. The van der Waals surface area contributed by atoms with Crippen LogP contribution in [-0.4, -0.2) is 43.9 Å². The molecule has 138 valence electrons. The minimum Gasteiger partial charge on any atom is -0.503 e. The summed E-state index contributed by atoms with van der Waals surface area (Å²) in [4.78, 5) is 20.8. The number of nitrogens with zero attached hydrogens (tertiary/aromatic N) is 4. The molecule has 4 rings (SSSR count). The van der Waals surface area contributed by atoms with Crippen LogP contribution in [0, 0.1) is 0 Å². The lowest BCUT2D eigenvalue weighted by atomic mass is 10.1. The largest absolute Gasteiger partial charge is 0.503 e. The number of carbonyl (C=O) groups is 1. The van der Waals surface area contributed by atoms with Crippen LogP contribution in [0.25, 0.3) is 22.8 Å². The molecule has 0 aliphatic carbocycles. The van der Waals surface area contributed by atoms with Crippen molar-refractivity contribution in [2.45, 2.75) is 13.5 Å². The van der Waals surface area contributed by atoms with Gasteiger partial charge in [0.25, 0.3) is 5.91 Å². The van der Waals surface area contributed by atoms with Gasteiger partial charge >= 0.3 is 0 Å². The van der Waals surface area contributed by atoms with Crippen LogP contribution in [0.5, 0.6) is 11.5 Å². The molecular formula is C18H16ClN5O3. The number of amides is 1. The molecule has 0 radical (unpaired) electrons. The molecule has 2 N–H and O–H groups in total. The average molecular weight is 386 g/mol. The van der Waals surface area contributed by atoms with Crippen molar-refractivity contribution >= 4 is 17.5 Å². The van der Waals surface area contributed by atoms with E-state index in [1.165, 1.54) is 0 Å². The van der Waals surface area contributed by atoms with Gasteiger partial charge < -0.3 is 15.2 Å². The highest BCUT2D eigenvalue weighted by Gasteiger charge is 2.21. The number of hydrogen-bond donors (Lipinski definition) is 2. The van der Waals surface area contributed by atoms with E-state index in [1.54, 1.807) is 35.1 Å². The van der Waals surface area contributed by atoms with Crippen molar-refractivity contribution < 1.29 is 14.6 Å². The zero-order valence-electron chi connectivity index (χ0n) is 14.4. The van der Waals surface area contributed by atoms with Gasteiger partial charge in [0.15, 0.2) is 17.3 Å². The molecule has 0 saturated carbocycles. The second-order valence-corrected chi connectivity index (χ2v) is 6.30. The van der Waals surface area contributed by atoms with Gasteiger partial charge in [0.05, 0.1) is 23.9 Å². The third kappa shape index (κ3) is 3.19. The Kier molecular flexibility index (Phi) is 4.41. The first-order valence-corrected chi connectivity index (χ1v) is 8.79. The first-order valence-electron chi connectivity index (χ1n) is 8.42. The van der Waals surface area contributed by atoms with Gasteiger partial charge in [0.2, 0.25) is 0 Å². The van der Waals surface area contributed by atoms with Crippen LogP contribution >= 0.6 is 11.6 Å². The second-order valence-electron chi connectivity index (χ2n) is 5.90. The number of aromatic nitrogens is 4. The Labute approximate surface area is 159 Å². The summed E-state index contributed by atoms with van der Waals surface area (Å²) in [5.41, 5.74) is 2.27. The minimum absolute atomic E-state index is 0.119. The van der Waals surface area contributed by atoms with E-state index in [9.17, 15) is 9.90 Å². The lowest BCUT2D eigenvalue weighted by molar-refractivity contribution is 0.0924. The van der Waals surface area contributed by atoms with E-state index < -0.39 is 0 Å². The summed E-state index contributed by atoms with van der Waals surface area (Å²) in [7, 11) is 0. The summed E-state index contributed by atoms with van der Waals surface area (Å²) < 4.78 is 7.08. The Morgan fingerprint density at radius 1 is 1.33 bits per heavy atom. The Hall–Kier alpha value is -3.13. The zero-order valence-corrected chi connectivity index (χ0v) is 15.2. The summed E-state index contributed by atoms with van der Waals surface area (Å²) >= 11 is 6.10. The normalized spacial score (nSPS) is 13.2. The van der Waals surface area contributed by atoms with Crippen molar-refractivity contribution in [3.63, 3.8) is 0 Å². The van der Waals surface area contributed by atoms with Gasteiger partial charge in [-0.25, -0.2) is 9.97 Å². The molecule has 2 aromatic heterocycles.